The molecule has 0 unspecified atom stereocenters. The summed E-state index contributed by atoms with van der Waals surface area (Å²) in [6, 6.07) is 9.01. The largest absolute Gasteiger partial charge is 0.323 e. The normalized spacial score (nSPS) is 13.5. The number of hydrogen-bond donors (Lipinski definition) is 1. The summed E-state index contributed by atoms with van der Waals surface area (Å²) in [7, 11) is 0. The maximum atomic E-state index is 12.4. The Morgan fingerprint density at radius 3 is 3.00 bits per heavy atom. The van der Waals surface area contributed by atoms with Crippen molar-refractivity contribution in [1.82, 2.24) is 9.97 Å². The molecule has 3 rings (SSSR count). The van der Waals surface area contributed by atoms with E-state index in [0.717, 1.165) is 10.7 Å². The molecule has 7 heteroatoms. The van der Waals surface area contributed by atoms with Crippen LogP contribution in [0.2, 0.25) is 0 Å². The van der Waals surface area contributed by atoms with Crippen molar-refractivity contribution in [1.29, 1.82) is 0 Å². The topological polar surface area (TPSA) is 75.2 Å². The third kappa shape index (κ3) is 3.03. The Hall–Kier alpha value is -2.41. The Morgan fingerprint density at radius 2 is 2.19 bits per heavy atom. The van der Waals surface area contributed by atoms with Crippen LogP contribution in [0.15, 0.2) is 47.9 Å². The Balaban J connectivity index is 1.74. The zero-order valence-corrected chi connectivity index (χ0v) is 11.8. The number of para-hydroxylation sites is 2. The molecule has 2 aromatic rings. The van der Waals surface area contributed by atoms with Gasteiger partial charge in [-0.05, 0) is 18.2 Å². The highest BCUT2D eigenvalue weighted by Gasteiger charge is 2.26. The number of carbonyl (C=O) groups excluding carboxylic acids is 2. The molecule has 0 saturated heterocycles. The van der Waals surface area contributed by atoms with E-state index in [1.807, 2.05) is 18.2 Å². The highest BCUT2D eigenvalue weighted by atomic mass is 32.2. The van der Waals surface area contributed by atoms with Gasteiger partial charge >= 0.3 is 0 Å². The van der Waals surface area contributed by atoms with E-state index in [9.17, 15) is 9.59 Å². The van der Waals surface area contributed by atoms with Crippen LogP contribution in [0.4, 0.5) is 11.4 Å². The number of aromatic nitrogens is 2. The van der Waals surface area contributed by atoms with Gasteiger partial charge in [-0.2, -0.15) is 0 Å². The molecule has 0 bridgehead atoms. The molecule has 1 aliphatic rings. The van der Waals surface area contributed by atoms with Gasteiger partial charge in [0.25, 0.3) is 0 Å². The van der Waals surface area contributed by atoms with Crippen molar-refractivity contribution in [3.63, 3.8) is 0 Å². The second kappa shape index (κ2) is 5.92. The smallest absolute Gasteiger partial charge is 0.244 e. The summed E-state index contributed by atoms with van der Waals surface area (Å²) < 4.78 is 0. The number of hydrogen-bond acceptors (Lipinski definition) is 5. The number of rotatable bonds is 3. The first-order valence-corrected chi connectivity index (χ1v) is 7.30. The molecule has 0 aliphatic carbocycles. The lowest BCUT2D eigenvalue weighted by molar-refractivity contribution is -0.120. The van der Waals surface area contributed by atoms with E-state index < -0.39 is 0 Å². The lowest BCUT2D eigenvalue weighted by atomic mass is 10.2. The van der Waals surface area contributed by atoms with Crippen molar-refractivity contribution in [2.24, 2.45) is 0 Å². The minimum atomic E-state index is -0.186. The van der Waals surface area contributed by atoms with Crippen molar-refractivity contribution in [2.75, 3.05) is 22.5 Å². The van der Waals surface area contributed by atoms with Gasteiger partial charge in [-0.1, -0.05) is 23.9 Å². The third-order valence-corrected chi connectivity index (χ3v) is 3.90. The Bertz CT molecular complexity index is 678. The van der Waals surface area contributed by atoms with E-state index in [0.29, 0.717) is 5.69 Å². The van der Waals surface area contributed by atoms with E-state index in [2.05, 4.69) is 15.3 Å². The minimum absolute atomic E-state index is 0.0418. The molecule has 0 atom stereocenters. The predicted molar refractivity (Wildman–Crippen MR) is 80.2 cm³/mol. The lowest BCUT2D eigenvalue weighted by Crippen LogP contribution is -2.43. The van der Waals surface area contributed by atoms with Crippen LogP contribution in [0.1, 0.15) is 0 Å². The molecule has 2 heterocycles. The third-order valence-electron chi connectivity index (χ3n) is 2.97. The zero-order valence-electron chi connectivity index (χ0n) is 11.0. The van der Waals surface area contributed by atoms with Crippen LogP contribution in [0.5, 0.6) is 0 Å². The first-order valence-electron chi connectivity index (χ1n) is 6.32. The Labute approximate surface area is 125 Å². The van der Waals surface area contributed by atoms with Gasteiger partial charge < -0.3 is 10.2 Å². The number of anilines is 2. The van der Waals surface area contributed by atoms with Crippen molar-refractivity contribution < 1.29 is 9.59 Å². The van der Waals surface area contributed by atoms with E-state index in [1.165, 1.54) is 23.0 Å². The fraction of sp³-hybridized carbons (Fsp3) is 0.143. The summed E-state index contributed by atoms with van der Waals surface area (Å²) in [6.07, 6.45) is 3.07. The van der Waals surface area contributed by atoms with Gasteiger partial charge in [0.1, 0.15) is 12.9 Å². The predicted octanol–water partition coefficient (Wildman–Crippen LogP) is 1.55. The van der Waals surface area contributed by atoms with Crippen LogP contribution < -0.4 is 10.2 Å². The second-order valence-electron chi connectivity index (χ2n) is 4.38. The molecule has 106 valence electrons. The first kappa shape index (κ1) is 13.6. The molecule has 1 N–H and O–H groups in total. The molecule has 1 aromatic heterocycles. The van der Waals surface area contributed by atoms with Gasteiger partial charge in [0.05, 0.1) is 22.2 Å². The summed E-state index contributed by atoms with van der Waals surface area (Å²) >= 11 is 1.32. The standard InChI is InChI=1S/C14H12N4O2S/c19-12-7-18(11-4-2-1-3-10(11)17-12)14(20)8-21-13-5-6-15-9-16-13/h1-6,9H,7-8H2,(H,17,19). The fourth-order valence-electron chi connectivity index (χ4n) is 2.03. The number of carbonyl (C=O) groups is 2. The average Bonchev–Trinajstić information content (AvgIpc) is 2.52. The number of fused-ring (bicyclic) bond motifs is 1. The first-order chi connectivity index (χ1) is 10.2. The van der Waals surface area contributed by atoms with Gasteiger partial charge in [0, 0.05) is 6.20 Å². The molecule has 0 radical (unpaired) electrons. The zero-order chi connectivity index (χ0) is 14.7. The fourth-order valence-corrected chi connectivity index (χ4v) is 2.74. The van der Waals surface area contributed by atoms with Gasteiger partial charge in [-0.15, -0.1) is 0 Å². The van der Waals surface area contributed by atoms with E-state index >= 15 is 0 Å². The number of benzene rings is 1. The molecule has 1 aromatic carbocycles. The summed E-state index contributed by atoms with van der Waals surface area (Å²) in [5, 5.41) is 3.49. The summed E-state index contributed by atoms with van der Waals surface area (Å²) in [5.74, 6) is -0.0893. The van der Waals surface area contributed by atoms with Crippen LogP contribution in [0.25, 0.3) is 0 Å². The van der Waals surface area contributed by atoms with E-state index in [1.54, 1.807) is 18.3 Å². The minimum Gasteiger partial charge on any atom is -0.323 e. The van der Waals surface area contributed by atoms with Crippen LogP contribution in [0, 0.1) is 0 Å². The Morgan fingerprint density at radius 1 is 1.33 bits per heavy atom. The summed E-state index contributed by atoms with van der Waals surface area (Å²) in [5.41, 5.74) is 1.39. The van der Waals surface area contributed by atoms with Crippen molar-refractivity contribution >= 4 is 35.0 Å². The lowest BCUT2D eigenvalue weighted by Gasteiger charge is -2.29. The van der Waals surface area contributed by atoms with Gasteiger partial charge in [-0.25, -0.2) is 9.97 Å². The van der Waals surface area contributed by atoms with Crippen molar-refractivity contribution in [3.8, 4) is 0 Å². The van der Waals surface area contributed by atoms with E-state index in [4.69, 9.17) is 0 Å². The van der Waals surface area contributed by atoms with Gasteiger partial charge in [-0.3, -0.25) is 9.59 Å². The number of nitrogens with one attached hydrogen (secondary N) is 1. The van der Waals surface area contributed by atoms with Crippen LogP contribution in [0.3, 0.4) is 0 Å². The highest BCUT2D eigenvalue weighted by molar-refractivity contribution is 7.99. The Kier molecular flexibility index (Phi) is 3.83. The molecular weight excluding hydrogens is 288 g/mol. The average molecular weight is 300 g/mol. The van der Waals surface area contributed by atoms with Crippen molar-refractivity contribution in [3.05, 3.63) is 42.9 Å². The number of thioether (sulfide) groups is 1. The summed E-state index contributed by atoms with van der Waals surface area (Å²) in [6.45, 7) is 0.0418. The molecule has 0 saturated carbocycles. The van der Waals surface area contributed by atoms with Gasteiger partial charge in [0.2, 0.25) is 11.8 Å². The van der Waals surface area contributed by atoms with Crippen LogP contribution in [-0.4, -0.2) is 34.1 Å². The maximum absolute atomic E-state index is 12.4. The number of amides is 2. The molecule has 1 aliphatic heterocycles. The maximum Gasteiger partial charge on any atom is 0.244 e. The highest BCUT2D eigenvalue weighted by Crippen LogP contribution is 2.29. The van der Waals surface area contributed by atoms with Crippen LogP contribution in [-0.2, 0) is 9.59 Å². The monoisotopic (exact) mass is 300 g/mol. The molecule has 2 amide bonds. The summed E-state index contributed by atoms with van der Waals surface area (Å²) in [4.78, 5) is 33.4. The molecular formula is C14H12N4O2S. The molecule has 21 heavy (non-hydrogen) atoms. The van der Waals surface area contributed by atoms with E-state index in [-0.39, 0.29) is 24.1 Å². The van der Waals surface area contributed by atoms with Crippen LogP contribution >= 0.6 is 11.8 Å². The quantitative estimate of drug-likeness (QED) is 0.687. The number of nitrogens with zero attached hydrogens (tertiary/aromatic N) is 3. The molecule has 6 nitrogen and oxygen atoms in total. The second-order valence-corrected chi connectivity index (χ2v) is 5.38. The SMILES string of the molecule is O=C1CN(C(=O)CSc2ccncn2)c2ccccc2N1. The van der Waals surface area contributed by atoms with Gasteiger partial charge in [0.15, 0.2) is 0 Å². The van der Waals surface area contributed by atoms with Crippen molar-refractivity contribution in [2.45, 2.75) is 5.03 Å². The molecule has 0 fully saturated rings. The molecule has 0 spiro atoms.